The number of amides is 1. The smallest absolute Gasteiger partial charge is 0.267 e. The molecule has 0 unspecified atom stereocenters. The van der Waals surface area contributed by atoms with Crippen molar-refractivity contribution in [3.8, 4) is 11.3 Å². The average molecular weight is 414 g/mol. The fraction of sp³-hybridized carbons (Fsp3) is 0. The fourth-order valence-electron chi connectivity index (χ4n) is 2.69. The van der Waals surface area contributed by atoms with E-state index in [1.54, 1.807) is 24.3 Å². The lowest BCUT2D eigenvalue weighted by atomic mass is 10.1. The van der Waals surface area contributed by atoms with Crippen LogP contribution in [0, 0.1) is 0 Å². The van der Waals surface area contributed by atoms with E-state index in [0.29, 0.717) is 31.1 Å². The Labute approximate surface area is 169 Å². The SMILES string of the molecule is Nc1c(C(=O)Nc2ccccc2Cl)sc2nc(-c3ccc(Cl)cc3)ccc12. The van der Waals surface area contributed by atoms with Crippen LogP contribution < -0.4 is 11.1 Å². The Morgan fingerprint density at radius 1 is 1.00 bits per heavy atom. The zero-order chi connectivity index (χ0) is 19.0. The van der Waals surface area contributed by atoms with E-state index >= 15 is 0 Å². The van der Waals surface area contributed by atoms with E-state index in [0.717, 1.165) is 16.6 Å². The molecule has 0 aliphatic heterocycles. The summed E-state index contributed by atoms with van der Waals surface area (Å²) in [6.07, 6.45) is 0. The van der Waals surface area contributed by atoms with Crippen molar-refractivity contribution in [2.45, 2.75) is 0 Å². The molecule has 0 bridgehead atoms. The minimum Gasteiger partial charge on any atom is -0.397 e. The molecule has 0 aliphatic rings. The van der Waals surface area contributed by atoms with Crippen molar-refractivity contribution in [1.82, 2.24) is 4.98 Å². The third-order valence-corrected chi connectivity index (χ3v) is 5.76. The van der Waals surface area contributed by atoms with Crippen LogP contribution in [0.3, 0.4) is 0 Å². The number of nitrogens with two attached hydrogens (primary N) is 1. The van der Waals surface area contributed by atoms with Crippen LogP contribution in [0.25, 0.3) is 21.5 Å². The third-order valence-electron chi connectivity index (χ3n) is 4.06. The van der Waals surface area contributed by atoms with Crippen LogP contribution in [0.1, 0.15) is 9.67 Å². The van der Waals surface area contributed by atoms with Gasteiger partial charge in [-0.05, 0) is 36.4 Å². The number of pyridine rings is 1. The summed E-state index contributed by atoms with van der Waals surface area (Å²) in [6.45, 7) is 0. The lowest BCUT2D eigenvalue weighted by molar-refractivity contribution is 0.103. The first-order valence-corrected chi connectivity index (χ1v) is 9.61. The molecule has 0 saturated heterocycles. The predicted octanol–water partition coefficient (Wildman–Crippen LogP) is 6.10. The van der Waals surface area contributed by atoms with Gasteiger partial charge >= 0.3 is 0 Å². The maximum atomic E-state index is 12.7. The maximum absolute atomic E-state index is 12.7. The van der Waals surface area contributed by atoms with E-state index in [1.807, 2.05) is 36.4 Å². The first kappa shape index (κ1) is 17.8. The summed E-state index contributed by atoms with van der Waals surface area (Å²) in [4.78, 5) is 18.4. The summed E-state index contributed by atoms with van der Waals surface area (Å²) in [6, 6.07) is 18.2. The number of nitrogens with one attached hydrogen (secondary N) is 1. The quantitative estimate of drug-likeness (QED) is 0.425. The monoisotopic (exact) mass is 413 g/mol. The van der Waals surface area contributed by atoms with Crippen LogP contribution in [-0.4, -0.2) is 10.9 Å². The standard InChI is InChI=1S/C20H13Cl2N3OS/c21-12-7-5-11(6-8-12)15-10-9-13-17(23)18(27-20(13)25-15)19(26)24-16-4-2-1-3-14(16)22/h1-10H,23H2,(H,24,26). The predicted molar refractivity (Wildman–Crippen MR) is 114 cm³/mol. The second-order valence-corrected chi connectivity index (χ2v) is 7.68. The topological polar surface area (TPSA) is 68.0 Å². The minimum atomic E-state index is -0.309. The number of rotatable bonds is 3. The van der Waals surface area contributed by atoms with Gasteiger partial charge in [-0.15, -0.1) is 11.3 Å². The molecule has 3 N–H and O–H groups in total. The van der Waals surface area contributed by atoms with Gasteiger partial charge in [0.1, 0.15) is 9.71 Å². The average Bonchev–Trinajstić information content (AvgIpc) is 3.00. The number of nitrogen functional groups attached to an aromatic ring is 1. The molecule has 2 aromatic heterocycles. The lowest BCUT2D eigenvalue weighted by Crippen LogP contribution is -2.12. The number of anilines is 2. The van der Waals surface area contributed by atoms with Crippen LogP contribution in [0.2, 0.25) is 10.0 Å². The van der Waals surface area contributed by atoms with Gasteiger partial charge in [0.25, 0.3) is 5.91 Å². The number of hydrogen-bond acceptors (Lipinski definition) is 4. The molecule has 2 heterocycles. The molecule has 27 heavy (non-hydrogen) atoms. The number of fused-ring (bicyclic) bond motifs is 1. The molecule has 0 saturated carbocycles. The number of thiophene rings is 1. The second-order valence-electron chi connectivity index (χ2n) is 5.83. The first-order chi connectivity index (χ1) is 13.0. The van der Waals surface area contributed by atoms with Crippen molar-refractivity contribution in [1.29, 1.82) is 0 Å². The van der Waals surface area contributed by atoms with Crippen molar-refractivity contribution in [3.05, 3.63) is 75.6 Å². The number of aromatic nitrogens is 1. The molecule has 0 spiro atoms. The van der Waals surface area contributed by atoms with Crippen LogP contribution >= 0.6 is 34.5 Å². The Hall–Kier alpha value is -2.60. The van der Waals surface area contributed by atoms with Crippen molar-refractivity contribution in [3.63, 3.8) is 0 Å². The molecule has 2 aromatic carbocycles. The molecule has 134 valence electrons. The molecule has 0 radical (unpaired) electrons. The van der Waals surface area contributed by atoms with E-state index in [2.05, 4.69) is 10.3 Å². The summed E-state index contributed by atoms with van der Waals surface area (Å²) in [5.41, 5.74) is 8.88. The Bertz CT molecular complexity index is 1160. The number of nitrogens with zero attached hydrogens (tertiary/aromatic N) is 1. The zero-order valence-corrected chi connectivity index (χ0v) is 16.2. The van der Waals surface area contributed by atoms with E-state index in [9.17, 15) is 4.79 Å². The number of carbonyl (C=O) groups excluding carboxylic acids is 1. The summed E-state index contributed by atoms with van der Waals surface area (Å²) in [5.74, 6) is -0.309. The molecule has 4 nitrogen and oxygen atoms in total. The van der Waals surface area contributed by atoms with E-state index in [-0.39, 0.29) is 5.91 Å². The van der Waals surface area contributed by atoms with Gasteiger partial charge in [-0.1, -0.05) is 47.5 Å². The molecular formula is C20H13Cl2N3OS. The number of carbonyl (C=O) groups is 1. The van der Waals surface area contributed by atoms with Crippen LogP contribution in [-0.2, 0) is 0 Å². The number of hydrogen-bond donors (Lipinski definition) is 2. The van der Waals surface area contributed by atoms with Gasteiger partial charge in [0.05, 0.1) is 22.1 Å². The van der Waals surface area contributed by atoms with E-state index < -0.39 is 0 Å². The molecule has 0 aliphatic carbocycles. The van der Waals surface area contributed by atoms with E-state index in [1.165, 1.54) is 11.3 Å². The summed E-state index contributed by atoms with van der Waals surface area (Å²) < 4.78 is 0. The highest BCUT2D eigenvalue weighted by atomic mass is 35.5. The number of para-hydroxylation sites is 1. The zero-order valence-electron chi connectivity index (χ0n) is 13.9. The maximum Gasteiger partial charge on any atom is 0.267 e. The highest BCUT2D eigenvalue weighted by Gasteiger charge is 2.18. The Morgan fingerprint density at radius 3 is 2.48 bits per heavy atom. The Balaban J connectivity index is 1.70. The molecule has 0 atom stereocenters. The van der Waals surface area contributed by atoms with Gasteiger partial charge in [0.15, 0.2) is 0 Å². The summed E-state index contributed by atoms with van der Waals surface area (Å²) in [7, 11) is 0. The number of halogens is 2. The van der Waals surface area contributed by atoms with Crippen LogP contribution in [0.4, 0.5) is 11.4 Å². The van der Waals surface area contributed by atoms with Gasteiger partial charge in [-0.3, -0.25) is 4.79 Å². The Kier molecular flexibility index (Phi) is 4.74. The molecule has 1 amide bonds. The highest BCUT2D eigenvalue weighted by molar-refractivity contribution is 7.21. The van der Waals surface area contributed by atoms with Crippen molar-refractivity contribution < 1.29 is 4.79 Å². The van der Waals surface area contributed by atoms with Crippen molar-refractivity contribution in [2.24, 2.45) is 0 Å². The van der Waals surface area contributed by atoms with Crippen molar-refractivity contribution >= 4 is 62.0 Å². The minimum absolute atomic E-state index is 0.309. The van der Waals surface area contributed by atoms with Gasteiger partial charge in [0.2, 0.25) is 0 Å². The normalized spacial score (nSPS) is 10.9. The Morgan fingerprint density at radius 2 is 1.74 bits per heavy atom. The summed E-state index contributed by atoms with van der Waals surface area (Å²) >= 11 is 13.3. The van der Waals surface area contributed by atoms with Crippen LogP contribution in [0.5, 0.6) is 0 Å². The summed E-state index contributed by atoms with van der Waals surface area (Å²) in [5, 5.41) is 4.68. The molecule has 7 heteroatoms. The molecular weight excluding hydrogens is 401 g/mol. The van der Waals surface area contributed by atoms with Gasteiger partial charge in [-0.2, -0.15) is 0 Å². The second kappa shape index (κ2) is 7.19. The van der Waals surface area contributed by atoms with E-state index in [4.69, 9.17) is 28.9 Å². The highest BCUT2D eigenvalue weighted by Crippen LogP contribution is 2.35. The third kappa shape index (κ3) is 3.49. The first-order valence-electron chi connectivity index (χ1n) is 8.04. The molecule has 4 aromatic rings. The largest absolute Gasteiger partial charge is 0.397 e. The van der Waals surface area contributed by atoms with Crippen molar-refractivity contribution in [2.75, 3.05) is 11.1 Å². The van der Waals surface area contributed by atoms with Gasteiger partial charge in [0, 0.05) is 16.0 Å². The van der Waals surface area contributed by atoms with Crippen LogP contribution in [0.15, 0.2) is 60.7 Å². The lowest BCUT2D eigenvalue weighted by Gasteiger charge is -2.05. The number of benzene rings is 2. The van der Waals surface area contributed by atoms with Gasteiger partial charge < -0.3 is 11.1 Å². The molecule has 4 rings (SSSR count). The van der Waals surface area contributed by atoms with Gasteiger partial charge in [-0.25, -0.2) is 4.98 Å². The molecule has 0 fully saturated rings. The fourth-order valence-corrected chi connectivity index (χ4v) is 3.99.